The van der Waals surface area contributed by atoms with Crippen LogP contribution >= 0.6 is 0 Å². The quantitative estimate of drug-likeness (QED) is 0.166. The summed E-state index contributed by atoms with van der Waals surface area (Å²) in [6, 6.07) is 13.0. The number of amides is 1. The lowest BCUT2D eigenvalue weighted by molar-refractivity contribution is -0.318. The number of ether oxygens (including phenoxy) is 6. The summed E-state index contributed by atoms with van der Waals surface area (Å²) in [6.07, 6.45) is -9.12. The van der Waals surface area contributed by atoms with E-state index in [0.717, 1.165) is 16.3 Å². The molecule has 5 rings (SSSR count). The predicted molar refractivity (Wildman–Crippen MR) is 254 cm³/mol. The van der Waals surface area contributed by atoms with Gasteiger partial charge in [0, 0.05) is 57.6 Å². The molecule has 3 fully saturated rings. The van der Waals surface area contributed by atoms with Gasteiger partial charge in [0.25, 0.3) is 0 Å². The van der Waals surface area contributed by atoms with Crippen molar-refractivity contribution >= 4 is 22.6 Å². The molecule has 0 spiro atoms. The van der Waals surface area contributed by atoms with Gasteiger partial charge in [-0.15, -0.1) is 0 Å². The topological polar surface area (TPSA) is 209 Å². The Kier molecular flexibility index (Phi) is 18.9. The molecule has 3 aliphatic heterocycles. The summed E-state index contributed by atoms with van der Waals surface area (Å²) in [6.45, 7) is 18.2. The van der Waals surface area contributed by atoms with E-state index in [1.54, 1.807) is 48.5 Å². The molecule has 0 aliphatic carbocycles. The van der Waals surface area contributed by atoms with Crippen LogP contribution < -0.4 is 5.32 Å². The van der Waals surface area contributed by atoms with Crippen molar-refractivity contribution in [1.29, 1.82) is 0 Å². The number of nitrogens with zero attached hydrogens (tertiary/aromatic N) is 2. The number of aliphatic hydroxyl groups is 5. The number of cyclic esters (lactones) is 1. The molecule has 6 N–H and O–H groups in total. The number of aliphatic hydroxyl groups excluding tert-OH is 3. The molecule has 0 saturated carbocycles. The van der Waals surface area contributed by atoms with Crippen LogP contribution in [-0.2, 0) is 44.6 Å². The maximum Gasteiger partial charge on any atom is 0.311 e. The molecule has 67 heavy (non-hydrogen) atoms. The predicted octanol–water partition coefficient (Wildman–Crippen LogP) is 4.13. The summed E-state index contributed by atoms with van der Waals surface area (Å²) in [5.74, 6) is -3.15. The minimum atomic E-state index is -1.95. The highest BCUT2D eigenvalue weighted by molar-refractivity contribution is 5.83. The first-order chi connectivity index (χ1) is 31.3. The van der Waals surface area contributed by atoms with Gasteiger partial charge >= 0.3 is 5.97 Å². The molecular formula is C51H83N3O13. The number of likely N-dealkylation sites (N-methyl/N-ethyl adjacent to an activating group) is 1. The molecule has 16 heteroatoms. The molecule has 0 bridgehead atoms. The number of esters is 1. The second-order valence-corrected chi connectivity index (χ2v) is 20.9. The average molecular weight is 946 g/mol. The van der Waals surface area contributed by atoms with E-state index >= 15 is 0 Å². The Morgan fingerprint density at radius 2 is 1.60 bits per heavy atom. The minimum Gasteiger partial charge on any atom is -0.459 e. The van der Waals surface area contributed by atoms with Crippen LogP contribution in [0.15, 0.2) is 42.5 Å². The van der Waals surface area contributed by atoms with Crippen LogP contribution in [-0.4, -0.2) is 172 Å². The zero-order valence-corrected chi connectivity index (χ0v) is 42.3. The normalized spacial score (nSPS) is 41.1. The van der Waals surface area contributed by atoms with Crippen molar-refractivity contribution < 1.29 is 63.5 Å². The fraction of sp³-hybridized carbons (Fsp3) is 0.765. The van der Waals surface area contributed by atoms with Gasteiger partial charge < -0.3 is 64.2 Å². The third kappa shape index (κ3) is 13.1. The van der Waals surface area contributed by atoms with Gasteiger partial charge in [-0.3, -0.25) is 14.5 Å². The Morgan fingerprint density at radius 1 is 0.925 bits per heavy atom. The molecule has 18 atom stereocenters. The summed E-state index contributed by atoms with van der Waals surface area (Å²) in [7, 11) is 5.25. The zero-order chi connectivity index (χ0) is 49.8. The summed E-state index contributed by atoms with van der Waals surface area (Å²) in [5.41, 5.74) is -3.74. The van der Waals surface area contributed by atoms with Crippen LogP contribution in [0, 0.1) is 17.8 Å². The Hall–Kier alpha value is -2.84. The van der Waals surface area contributed by atoms with Crippen LogP contribution in [0.5, 0.6) is 0 Å². The molecule has 0 aromatic heterocycles. The SMILES string of the molecule is CC[C@H]1OC(=O)[C@H](C)[C@@H](O[C@H]2C[C@@](C)(OC)[C@@H](O)[C@H](C)O2)[C@H](C)[C@@H](O[C@@H]2O[C@H](C)C[C@H](N(C)C)[C@H]2O)[C@](C)(O)C[C@@H](C)CN(CCC(=O)NCc2ccc3ccccc3c2)[C@H](C)[C@@H](O)[C@]1(C)O. The molecule has 2 aromatic rings. The lowest BCUT2D eigenvalue weighted by Crippen LogP contribution is -2.60. The lowest BCUT2D eigenvalue weighted by Gasteiger charge is -2.48. The Balaban J connectivity index is 1.51. The van der Waals surface area contributed by atoms with Crippen molar-refractivity contribution in [3.05, 3.63) is 48.0 Å². The first-order valence-electron chi connectivity index (χ1n) is 24.3. The molecule has 0 radical (unpaired) electrons. The number of nitrogens with one attached hydrogen (secondary N) is 1. The number of fused-ring (bicyclic) bond motifs is 1. The number of methoxy groups -OCH3 is 1. The van der Waals surface area contributed by atoms with Crippen LogP contribution in [0.2, 0.25) is 0 Å². The van der Waals surface area contributed by atoms with Crippen molar-refractivity contribution in [3.8, 4) is 0 Å². The van der Waals surface area contributed by atoms with Crippen molar-refractivity contribution in [2.75, 3.05) is 34.3 Å². The third-order valence-corrected chi connectivity index (χ3v) is 15.0. The van der Waals surface area contributed by atoms with Crippen molar-refractivity contribution in [3.63, 3.8) is 0 Å². The van der Waals surface area contributed by atoms with Gasteiger partial charge in [-0.25, -0.2) is 0 Å². The summed E-state index contributed by atoms with van der Waals surface area (Å²) in [5, 5.41) is 65.2. The molecule has 3 saturated heterocycles. The fourth-order valence-electron chi connectivity index (χ4n) is 10.8. The smallest absolute Gasteiger partial charge is 0.311 e. The molecule has 2 aromatic carbocycles. The van der Waals surface area contributed by atoms with Gasteiger partial charge in [0.05, 0.1) is 41.5 Å². The van der Waals surface area contributed by atoms with E-state index in [9.17, 15) is 35.1 Å². The maximum absolute atomic E-state index is 14.6. The van der Waals surface area contributed by atoms with Gasteiger partial charge in [0.15, 0.2) is 12.6 Å². The van der Waals surface area contributed by atoms with E-state index in [2.05, 4.69) is 5.32 Å². The lowest BCUT2D eigenvalue weighted by atomic mass is 9.77. The highest BCUT2D eigenvalue weighted by atomic mass is 16.7. The van der Waals surface area contributed by atoms with Gasteiger partial charge in [0.1, 0.15) is 30.0 Å². The summed E-state index contributed by atoms with van der Waals surface area (Å²) < 4.78 is 38.1. The van der Waals surface area contributed by atoms with Gasteiger partial charge in [-0.05, 0) is 110 Å². The first-order valence-corrected chi connectivity index (χ1v) is 24.3. The number of carbonyl (C=O) groups is 2. The fourth-order valence-corrected chi connectivity index (χ4v) is 10.8. The van der Waals surface area contributed by atoms with E-state index in [1.165, 1.54) is 14.0 Å². The van der Waals surface area contributed by atoms with Crippen molar-refractivity contribution in [2.24, 2.45) is 17.8 Å². The van der Waals surface area contributed by atoms with E-state index in [-0.39, 0.29) is 62.7 Å². The summed E-state index contributed by atoms with van der Waals surface area (Å²) >= 11 is 0. The number of benzene rings is 2. The Morgan fingerprint density at radius 3 is 2.24 bits per heavy atom. The van der Waals surface area contributed by atoms with E-state index < -0.39 is 96.0 Å². The van der Waals surface area contributed by atoms with Crippen molar-refractivity contribution in [2.45, 2.75) is 198 Å². The molecule has 16 nitrogen and oxygen atoms in total. The average Bonchev–Trinajstić information content (AvgIpc) is 3.27. The Bertz CT molecular complexity index is 1920. The van der Waals surface area contributed by atoms with E-state index in [0.29, 0.717) is 13.0 Å². The molecule has 1 amide bonds. The minimum absolute atomic E-state index is 0.0739. The molecule has 0 unspecified atom stereocenters. The van der Waals surface area contributed by atoms with Crippen LogP contribution in [0.1, 0.15) is 107 Å². The molecule has 380 valence electrons. The molecule has 3 aliphatic rings. The second-order valence-electron chi connectivity index (χ2n) is 20.9. The number of hydrogen-bond acceptors (Lipinski definition) is 15. The van der Waals surface area contributed by atoms with Crippen LogP contribution in [0.3, 0.4) is 0 Å². The highest BCUT2D eigenvalue weighted by Crippen LogP contribution is 2.40. The van der Waals surface area contributed by atoms with Gasteiger partial charge in [-0.1, -0.05) is 57.2 Å². The molecule has 3 heterocycles. The van der Waals surface area contributed by atoms with E-state index in [4.69, 9.17) is 28.4 Å². The maximum atomic E-state index is 14.6. The third-order valence-electron chi connectivity index (χ3n) is 15.0. The largest absolute Gasteiger partial charge is 0.459 e. The zero-order valence-electron chi connectivity index (χ0n) is 42.3. The van der Waals surface area contributed by atoms with E-state index in [1.807, 2.05) is 80.2 Å². The number of hydrogen-bond donors (Lipinski definition) is 6. The van der Waals surface area contributed by atoms with Gasteiger partial charge in [0.2, 0.25) is 5.91 Å². The van der Waals surface area contributed by atoms with Crippen LogP contribution in [0.4, 0.5) is 0 Å². The standard InChI is InChI=1S/C51H83N3O13/c1-14-39-51(10,61)44(57)33(6)54(22-21-40(55)52-27-35-19-20-36-17-15-16-18-37(36)24-35)28-29(2)25-49(8,60)46(67-48-42(56)38(53(11)12)23-30(3)63-48)31(4)43(32(5)47(59)65-39)66-41-26-50(9,62-13)45(58)34(7)64-41/h15-20,24,29-34,38-39,41-46,48,56-58,60-61H,14,21-23,25-28H2,1-13H3,(H,52,55)/t29-,30-,31+,32-,33-,34+,38+,39-,41+,42-,43+,44-,45+,46-,48+,49-,50-,51-/m1/s1. The number of rotatable bonds is 12. The van der Waals surface area contributed by atoms with Crippen molar-refractivity contribution in [1.82, 2.24) is 15.1 Å². The van der Waals surface area contributed by atoms with Crippen LogP contribution in [0.25, 0.3) is 10.8 Å². The monoisotopic (exact) mass is 946 g/mol. The first kappa shape index (κ1) is 55.1. The molecular weight excluding hydrogens is 863 g/mol. The van der Waals surface area contributed by atoms with Gasteiger partial charge in [-0.2, -0.15) is 0 Å². The number of carbonyl (C=O) groups excluding carboxylic acids is 2. The summed E-state index contributed by atoms with van der Waals surface area (Å²) in [4.78, 5) is 31.9. The second kappa shape index (κ2) is 22.9. The Labute approximate surface area is 398 Å². The highest BCUT2D eigenvalue weighted by Gasteiger charge is 2.53.